The van der Waals surface area contributed by atoms with Crippen LogP contribution in [0.25, 0.3) is 11.1 Å². The summed E-state index contributed by atoms with van der Waals surface area (Å²) in [5.74, 6) is 0.628. The van der Waals surface area contributed by atoms with Crippen molar-refractivity contribution >= 4 is 5.69 Å². The first-order valence-corrected chi connectivity index (χ1v) is 8.56. The maximum atomic E-state index is 5.93. The molecule has 0 aliphatic heterocycles. The fourth-order valence-corrected chi connectivity index (χ4v) is 3.25. The summed E-state index contributed by atoms with van der Waals surface area (Å²) in [7, 11) is 0. The number of nitrogens with zero attached hydrogens (tertiary/aromatic N) is 3. The Balaban J connectivity index is 1.70. The van der Waals surface area contributed by atoms with Gasteiger partial charge in [-0.1, -0.05) is 6.07 Å². The van der Waals surface area contributed by atoms with E-state index in [0.717, 1.165) is 41.8 Å². The minimum atomic E-state index is 0.404. The van der Waals surface area contributed by atoms with E-state index in [9.17, 15) is 0 Å². The highest BCUT2D eigenvalue weighted by atomic mass is 16.5. The van der Waals surface area contributed by atoms with Crippen LogP contribution in [0.4, 0.5) is 5.69 Å². The molecule has 3 aromatic heterocycles. The maximum Gasteiger partial charge on any atom is 0.214 e. The van der Waals surface area contributed by atoms with Crippen LogP contribution in [-0.4, -0.2) is 15.0 Å². The molecule has 3 aromatic rings. The Morgan fingerprint density at radius 2 is 2.00 bits per heavy atom. The summed E-state index contributed by atoms with van der Waals surface area (Å²) in [6.07, 6.45) is 9.65. The number of fused-ring (bicyclic) bond motifs is 1. The first-order chi connectivity index (χ1) is 12.3. The molecular formula is C20H20N4O. The molecule has 0 atom stereocenters. The van der Waals surface area contributed by atoms with Gasteiger partial charge >= 0.3 is 0 Å². The van der Waals surface area contributed by atoms with Crippen molar-refractivity contribution in [1.82, 2.24) is 15.0 Å². The van der Waals surface area contributed by atoms with Crippen LogP contribution in [0.3, 0.4) is 0 Å². The van der Waals surface area contributed by atoms with Crippen molar-refractivity contribution in [3.05, 3.63) is 65.9 Å². The maximum absolute atomic E-state index is 5.93. The Labute approximate surface area is 146 Å². The number of aryl methyl sites for hydroxylation is 1. The third kappa shape index (κ3) is 3.45. The lowest BCUT2D eigenvalue weighted by Crippen LogP contribution is -2.09. The molecule has 126 valence electrons. The predicted octanol–water partition coefficient (Wildman–Crippen LogP) is 3.58. The quantitative estimate of drug-likeness (QED) is 0.790. The monoisotopic (exact) mass is 332 g/mol. The second-order valence-electron chi connectivity index (χ2n) is 6.26. The standard InChI is InChI=1S/C20H20N4O/c21-15-9-14(11-22-12-15)18-10-20(24-19-7-2-1-6-17(18)19)25-13-16-5-3-4-8-23-16/h3-5,8-12H,1-2,6-7,13,21H2. The van der Waals surface area contributed by atoms with E-state index in [0.29, 0.717) is 18.2 Å². The predicted molar refractivity (Wildman–Crippen MR) is 97.1 cm³/mol. The van der Waals surface area contributed by atoms with Gasteiger partial charge in [-0.15, -0.1) is 0 Å². The van der Waals surface area contributed by atoms with Gasteiger partial charge in [-0.3, -0.25) is 9.97 Å². The number of nitrogen functional groups attached to an aromatic ring is 1. The van der Waals surface area contributed by atoms with E-state index in [1.807, 2.05) is 36.5 Å². The SMILES string of the molecule is Nc1cncc(-c2cc(OCc3ccccn3)nc3c2CCCC3)c1. The number of nitrogens with two attached hydrogens (primary N) is 1. The molecule has 3 heterocycles. The summed E-state index contributed by atoms with van der Waals surface area (Å²) in [6, 6.07) is 9.76. The average Bonchev–Trinajstić information content (AvgIpc) is 2.66. The topological polar surface area (TPSA) is 73.9 Å². The van der Waals surface area contributed by atoms with Gasteiger partial charge in [0.15, 0.2) is 0 Å². The van der Waals surface area contributed by atoms with Gasteiger partial charge in [0.2, 0.25) is 5.88 Å². The van der Waals surface area contributed by atoms with Crippen molar-refractivity contribution in [3.63, 3.8) is 0 Å². The second-order valence-corrected chi connectivity index (χ2v) is 6.26. The van der Waals surface area contributed by atoms with Gasteiger partial charge in [-0.05, 0) is 55.0 Å². The lowest BCUT2D eigenvalue weighted by atomic mass is 9.90. The number of hydrogen-bond donors (Lipinski definition) is 1. The summed E-state index contributed by atoms with van der Waals surface area (Å²) in [5.41, 5.74) is 12.0. The first-order valence-electron chi connectivity index (χ1n) is 8.56. The van der Waals surface area contributed by atoms with Crippen molar-refractivity contribution in [2.45, 2.75) is 32.3 Å². The highest BCUT2D eigenvalue weighted by Gasteiger charge is 2.18. The molecule has 0 aromatic carbocycles. The highest BCUT2D eigenvalue weighted by molar-refractivity contribution is 5.71. The minimum Gasteiger partial charge on any atom is -0.471 e. The summed E-state index contributed by atoms with van der Waals surface area (Å²) in [5, 5.41) is 0. The third-order valence-electron chi connectivity index (χ3n) is 4.44. The molecule has 25 heavy (non-hydrogen) atoms. The molecule has 0 radical (unpaired) electrons. The van der Waals surface area contributed by atoms with E-state index >= 15 is 0 Å². The molecule has 0 saturated carbocycles. The van der Waals surface area contributed by atoms with Crippen molar-refractivity contribution in [3.8, 4) is 17.0 Å². The molecule has 0 bridgehead atoms. The normalized spacial score (nSPS) is 13.3. The van der Waals surface area contributed by atoms with E-state index in [-0.39, 0.29) is 0 Å². The van der Waals surface area contributed by atoms with E-state index in [2.05, 4.69) is 9.97 Å². The first kappa shape index (κ1) is 15.6. The molecule has 0 amide bonds. The van der Waals surface area contributed by atoms with E-state index in [1.54, 1.807) is 12.4 Å². The zero-order valence-electron chi connectivity index (χ0n) is 14.0. The fraction of sp³-hybridized carbons (Fsp3) is 0.250. The van der Waals surface area contributed by atoms with Crippen LogP contribution in [0.15, 0.2) is 48.9 Å². The van der Waals surface area contributed by atoms with Gasteiger partial charge in [0.25, 0.3) is 0 Å². The Bertz CT molecular complexity index is 880. The van der Waals surface area contributed by atoms with Crippen molar-refractivity contribution < 1.29 is 4.74 Å². The molecule has 0 saturated heterocycles. The lowest BCUT2D eigenvalue weighted by molar-refractivity contribution is 0.288. The number of pyridine rings is 3. The number of hydrogen-bond acceptors (Lipinski definition) is 5. The summed E-state index contributed by atoms with van der Waals surface area (Å²) in [6.45, 7) is 0.404. The summed E-state index contributed by atoms with van der Waals surface area (Å²) < 4.78 is 5.93. The van der Waals surface area contributed by atoms with Gasteiger partial charge < -0.3 is 10.5 Å². The number of anilines is 1. The summed E-state index contributed by atoms with van der Waals surface area (Å²) in [4.78, 5) is 13.3. The third-order valence-corrected chi connectivity index (χ3v) is 4.44. The molecule has 2 N–H and O–H groups in total. The lowest BCUT2D eigenvalue weighted by Gasteiger charge is -2.20. The van der Waals surface area contributed by atoms with Gasteiger partial charge in [0.05, 0.1) is 11.4 Å². The van der Waals surface area contributed by atoms with Gasteiger partial charge in [-0.25, -0.2) is 4.98 Å². The van der Waals surface area contributed by atoms with Crippen LogP contribution in [0.1, 0.15) is 29.8 Å². The summed E-state index contributed by atoms with van der Waals surface area (Å²) >= 11 is 0. The molecule has 1 aliphatic rings. The number of aromatic nitrogens is 3. The molecule has 5 heteroatoms. The van der Waals surface area contributed by atoms with Crippen LogP contribution in [0.2, 0.25) is 0 Å². The number of ether oxygens (including phenoxy) is 1. The molecule has 1 aliphatic carbocycles. The van der Waals surface area contributed by atoms with Crippen molar-refractivity contribution in [2.24, 2.45) is 0 Å². The Hall–Kier alpha value is -2.95. The molecule has 0 fully saturated rings. The Morgan fingerprint density at radius 3 is 2.84 bits per heavy atom. The van der Waals surface area contributed by atoms with Gasteiger partial charge in [0.1, 0.15) is 6.61 Å². The second kappa shape index (κ2) is 6.89. The van der Waals surface area contributed by atoms with E-state index in [1.165, 1.54) is 12.0 Å². The minimum absolute atomic E-state index is 0.404. The molecule has 5 nitrogen and oxygen atoms in total. The van der Waals surface area contributed by atoms with E-state index in [4.69, 9.17) is 15.5 Å². The Kier molecular flexibility index (Phi) is 4.29. The smallest absolute Gasteiger partial charge is 0.214 e. The molecule has 0 unspecified atom stereocenters. The van der Waals surface area contributed by atoms with Crippen LogP contribution >= 0.6 is 0 Å². The van der Waals surface area contributed by atoms with Crippen LogP contribution in [0.5, 0.6) is 5.88 Å². The van der Waals surface area contributed by atoms with Crippen molar-refractivity contribution in [1.29, 1.82) is 0 Å². The Morgan fingerprint density at radius 1 is 1.08 bits per heavy atom. The highest BCUT2D eigenvalue weighted by Crippen LogP contribution is 2.33. The fourth-order valence-electron chi connectivity index (χ4n) is 3.25. The average molecular weight is 332 g/mol. The van der Waals surface area contributed by atoms with Crippen LogP contribution < -0.4 is 10.5 Å². The van der Waals surface area contributed by atoms with Gasteiger partial charge in [-0.2, -0.15) is 0 Å². The zero-order chi connectivity index (χ0) is 17.1. The van der Waals surface area contributed by atoms with Gasteiger partial charge in [0, 0.05) is 35.9 Å². The van der Waals surface area contributed by atoms with Crippen LogP contribution in [0, 0.1) is 0 Å². The zero-order valence-corrected chi connectivity index (χ0v) is 14.0. The molecule has 4 rings (SSSR count). The van der Waals surface area contributed by atoms with E-state index < -0.39 is 0 Å². The van der Waals surface area contributed by atoms with Crippen LogP contribution in [-0.2, 0) is 19.4 Å². The molecule has 0 spiro atoms. The number of rotatable bonds is 4. The largest absolute Gasteiger partial charge is 0.471 e. The van der Waals surface area contributed by atoms with Crippen molar-refractivity contribution in [2.75, 3.05) is 5.73 Å². The molecular weight excluding hydrogens is 312 g/mol.